The Balaban J connectivity index is 0.00000162. The van der Waals surface area contributed by atoms with Gasteiger partial charge in [0.15, 0.2) is 0 Å². The maximum atomic E-state index is 13.6. The molecule has 6 heteroatoms. The van der Waals surface area contributed by atoms with Crippen molar-refractivity contribution in [1.82, 2.24) is 10.6 Å². The maximum absolute atomic E-state index is 13.6. The average Bonchev–Trinajstić information content (AvgIpc) is 2.26. The molecule has 1 heterocycles. The topological polar surface area (TPSA) is 50.4 Å². The molecule has 18 heavy (non-hydrogen) atoms. The SMILES string of the molecule is COc1ccc(C(=O)NCC2CNC2)c(F)c1.Cl. The van der Waals surface area contributed by atoms with E-state index < -0.39 is 5.82 Å². The zero-order valence-electron chi connectivity index (χ0n) is 10.0. The summed E-state index contributed by atoms with van der Waals surface area (Å²) >= 11 is 0. The molecule has 1 fully saturated rings. The van der Waals surface area contributed by atoms with Crippen LogP contribution in [-0.4, -0.2) is 32.7 Å². The van der Waals surface area contributed by atoms with Crippen LogP contribution < -0.4 is 15.4 Å². The molecule has 0 bridgehead atoms. The molecule has 1 aromatic carbocycles. The molecule has 1 aromatic rings. The molecule has 2 rings (SSSR count). The van der Waals surface area contributed by atoms with Crippen LogP contribution in [0.1, 0.15) is 10.4 Å². The lowest BCUT2D eigenvalue weighted by Crippen LogP contribution is -2.48. The molecular weight excluding hydrogens is 259 g/mol. The lowest BCUT2D eigenvalue weighted by Gasteiger charge is -2.27. The number of rotatable bonds is 4. The van der Waals surface area contributed by atoms with Gasteiger partial charge < -0.3 is 15.4 Å². The third-order valence-electron chi connectivity index (χ3n) is 2.84. The molecule has 1 saturated heterocycles. The molecule has 0 aromatic heterocycles. The molecule has 1 amide bonds. The highest BCUT2D eigenvalue weighted by Gasteiger charge is 2.19. The zero-order valence-corrected chi connectivity index (χ0v) is 10.8. The number of amides is 1. The van der Waals surface area contributed by atoms with Crippen molar-refractivity contribution in [2.24, 2.45) is 5.92 Å². The fourth-order valence-electron chi connectivity index (χ4n) is 1.63. The molecule has 100 valence electrons. The molecule has 1 aliphatic heterocycles. The highest BCUT2D eigenvalue weighted by Crippen LogP contribution is 2.16. The van der Waals surface area contributed by atoms with E-state index in [-0.39, 0.29) is 23.9 Å². The Morgan fingerprint density at radius 1 is 1.56 bits per heavy atom. The van der Waals surface area contributed by atoms with E-state index >= 15 is 0 Å². The second-order valence-corrected chi connectivity index (χ2v) is 4.08. The van der Waals surface area contributed by atoms with E-state index in [1.54, 1.807) is 6.07 Å². The van der Waals surface area contributed by atoms with Gasteiger partial charge in [-0.2, -0.15) is 0 Å². The van der Waals surface area contributed by atoms with Crippen LogP contribution in [0.2, 0.25) is 0 Å². The summed E-state index contributed by atoms with van der Waals surface area (Å²) in [6, 6.07) is 4.21. The molecule has 0 aliphatic carbocycles. The average molecular weight is 275 g/mol. The van der Waals surface area contributed by atoms with Gasteiger partial charge in [0.1, 0.15) is 11.6 Å². The lowest BCUT2D eigenvalue weighted by atomic mass is 10.0. The minimum absolute atomic E-state index is 0. The summed E-state index contributed by atoms with van der Waals surface area (Å²) in [6.45, 7) is 2.40. The quantitative estimate of drug-likeness (QED) is 0.868. The molecule has 4 nitrogen and oxygen atoms in total. The maximum Gasteiger partial charge on any atom is 0.254 e. The van der Waals surface area contributed by atoms with E-state index in [0.29, 0.717) is 18.2 Å². The van der Waals surface area contributed by atoms with Crippen molar-refractivity contribution >= 4 is 18.3 Å². The highest BCUT2D eigenvalue weighted by molar-refractivity contribution is 5.94. The Bertz CT molecular complexity index is 425. The predicted octanol–water partition coefficient (Wildman–Crippen LogP) is 1.21. The summed E-state index contributed by atoms with van der Waals surface area (Å²) < 4.78 is 18.4. The molecule has 0 atom stereocenters. The third-order valence-corrected chi connectivity index (χ3v) is 2.84. The van der Waals surface area contributed by atoms with Crippen molar-refractivity contribution in [2.45, 2.75) is 0 Å². The van der Waals surface area contributed by atoms with E-state index in [9.17, 15) is 9.18 Å². The Morgan fingerprint density at radius 3 is 2.78 bits per heavy atom. The Morgan fingerprint density at radius 2 is 2.28 bits per heavy atom. The largest absolute Gasteiger partial charge is 0.497 e. The number of ether oxygens (including phenoxy) is 1. The molecular formula is C12H16ClFN2O2. The monoisotopic (exact) mass is 274 g/mol. The standard InChI is InChI=1S/C12H15FN2O2.ClH/c1-17-9-2-3-10(11(13)4-9)12(16)15-7-8-5-14-6-8;/h2-4,8,14H,5-7H2,1H3,(H,15,16);1H. The van der Waals surface area contributed by atoms with E-state index in [4.69, 9.17) is 4.74 Å². The van der Waals surface area contributed by atoms with Crippen LogP contribution in [0.25, 0.3) is 0 Å². The summed E-state index contributed by atoms with van der Waals surface area (Å²) in [7, 11) is 1.46. The second-order valence-electron chi connectivity index (χ2n) is 4.08. The Hall–Kier alpha value is -1.33. The number of carbonyl (C=O) groups excluding carboxylic acids is 1. The van der Waals surface area contributed by atoms with Gasteiger partial charge in [-0.1, -0.05) is 0 Å². The molecule has 0 radical (unpaired) electrons. The van der Waals surface area contributed by atoms with Gasteiger partial charge in [-0.15, -0.1) is 12.4 Å². The minimum atomic E-state index is -0.561. The number of nitrogens with one attached hydrogen (secondary N) is 2. The predicted molar refractivity (Wildman–Crippen MR) is 68.9 cm³/mol. The van der Waals surface area contributed by atoms with Crippen LogP contribution in [0.15, 0.2) is 18.2 Å². The van der Waals surface area contributed by atoms with Crippen LogP contribution in [0.3, 0.4) is 0 Å². The van der Waals surface area contributed by atoms with Gasteiger partial charge in [0.25, 0.3) is 5.91 Å². The van der Waals surface area contributed by atoms with Crippen LogP contribution in [0.4, 0.5) is 4.39 Å². The molecule has 0 unspecified atom stereocenters. The molecule has 2 N–H and O–H groups in total. The fraction of sp³-hybridized carbons (Fsp3) is 0.417. The van der Waals surface area contributed by atoms with Crippen molar-refractivity contribution in [1.29, 1.82) is 0 Å². The molecule has 0 spiro atoms. The van der Waals surface area contributed by atoms with E-state index in [1.165, 1.54) is 19.2 Å². The third kappa shape index (κ3) is 3.34. The van der Waals surface area contributed by atoms with Gasteiger partial charge in [-0.05, 0) is 12.1 Å². The fourth-order valence-corrected chi connectivity index (χ4v) is 1.63. The van der Waals surface area contributed by atoms with Gasteiger partial charge >= 0.3 is 0 Å². The lowest BCUT2D eigenvalue weighted by molar-refractivity contribution is 0.0938. The van der Waals surface area contributed by atoms with Crippen LogP contribution in [0.5, 0.6) is 5.75 Å². The van der Waals surface area contributed by atoms with Crippen LogP contribution in [-0.2, 0) is 0 Å². The Kier molecular flexibility index (Phi) is 5.37. The number of halogens is 2. The summed E-state index contributed by atoms with van der Waals surface area (Å²) in [5.74, 6) is -0.0758. The number of benzene rings is 1. The van der Waals surface area contributed by atoms with Gasteiger partial charge in [0.2, 0.25) is 0 Å². The number of methoxy groups -OCH3 is 1. The summed E-state index contributed by atoms with van der Waals surface area (Å²) in [5, 5.41) is 5.83. The van der Waals surface area contributed by atoms with Gasteiger partial charge in [0.05, 0.1) is 12.7 Å². The van der Waals surface area contributed by atoms with E-state index in [1.807, 2.05) is 0 Å². The summed E-state index contributed by atoms with van der Waals surface area (Å²) in [6.07, 6.45) is 0. The highest BCUT2D eigenvalue weighted by atomic mass is 35.5. The minimum Gasteiger partial charge on any atom is -0.497 e. The zero-order chi connectivity index (χ0) is 12.3. The summed E-state index contributed by atoms with van der Waals surface area (Å²) in [5.41, 5.74) is 0.0538. The Labute approximate surface area is 111 Å². The van der Waals surface area contributed by atoms with Gasteiger partial charge in [-0.25, -0.2) is 4.39 Å². The molecule has 1 aliphatic rings. The molecule has 0 saturated carbocycles. The first-order valence-electron chi connectivity index (χ1n) is 5.53. The van der Waals surface area contributed by atoms with Crippen molar-refractivity contribution in [3.8, 4) is 5.75 Å². The normalized spacial score (nSPS) is 14.3. The first kappa shape index (κ1) is 14.7. The number of hydrogen-bond acceptors (Lipinski definition) is 3. The van der Waals surface area contributed by atoms with Crippen molar-refractivity contribution in [3.63, 3.8) is 0 Å². The smallest absolute Gasteiger partial charge is 0.254 e. The van der Waals surface area contributed by atoms with Gasteiger partial charge in [-0.3, -0.25) is 4.79 Å². The summed E-state index contributed by atoms with van der Waals surface area (Å²) in [4.78, 5) is 11.7. The van der Waals surface area contributed by atoms with E-state index in [0.717, 1.165) is 13.1 Å². The van der Waals surface area contributed by atoms with Crippen LogP contribution in [0, 0.1) is 11.7 Å². The second kappa shape index (κ2) is 6.56. The van der Waals surface area contributed by atoms with Crippen molar-refractivity contribution in [3.05, 3.63) is 29.6 Å². The number of carbonyl (C=O) groups is 1. The first-order valence-corrected chi connectivity index (χ1v) is 5.53. The van der Waals surface area contributed by atoms with Crippen LogP contribution >= 0.6 is 12.4 Å². The van der Waals surface area contributed by atoms with Crippen molar-refractivity contribution < 1.29 is 13.9 Å². The number of hydrogen-bond donors (Lipinski definition) is 2. The van der Waals surface area contributed by atoms with E-state index in [2.05, 4.69) is 10.6 Å². The van der Waals surface area contributed by atoms with Crippen molar-refractivity contribution in [2.75, 3.05) is 26.7 Å². The van der Waals surface area contributed by atoms with Gasteiger partial charge in [0, 0.05) is 31.6 Å². The first-order chi connectivity index (χ1) is 8.20.